The largest absolute Gasteiger partial charge is 0.479 e. The second-order valence-electron chi connectivity index (χ2n) is 6.54. The van der Waals surface area contributed by atoms with E-state index >= 15 is 0 Å². The van der Waals surface area contributed by atoms with Gasteiger partial charge < -0.3 is 9.64 Å². The number of hydrogen-bond acceptors (Lipinski definition) is 2. The van der Waals surface area contributed by atoms with Gasteiger partial charge in [0.25, 0.3) is 5.91 Å². The minimum atomic E-state index is -0.451. The summed E-state index contributed by atoms with van der Waals surface area (Å²) in [5.41, 5.74) is 6.62. The maximum absolute atomic E-state index is 12.8. The SMILES string of the molecule is CC1Oc2ccc(-c3ccccc3)c3c2N(Cc2ccccc2-3)C1=O. The molecule has 0 saturated heterocycles. The molecule has 122 valence electrons. The smallest absolute Gasteiger partial charge is 0.268 e. The quantitative estimate of drug-likeness (QED) is 0.651. The molecule has 3 heteroatoms. The molecule has 0 bridgehead atoms. The summed E-state index contributed by atoms with van der Waals surface area (Å²) in [5, 5.41) is 0. The van der Waals surface area contributed by atoms with Crippen molar-refractivity contribution in [3.8, 4) is 28.0 Å². The molecule has 1 atom stereocenters. The van der Waals surface area contributed by atoms with E-state index in [0.717, 1.165) is 28.1 Å². The molecule has 3 aromatic carbocycles. The van der Waals surface area contributed by atoms with Crippen LogP contribution in [-0.4, -0.2) is 12.0 Å². The Morgan fingerprint density at radius 1 is 0.920 bits per heavy atom. The maximum atomic E-state index is 12.8. The van der Waals surface area contributed by atoms with Gasteiger partial charge in [-0.1, -0.05) is 54.6 Å². The molecule has 2 heterocycles. The van der Waals surface area contributed by atoms with Crippen molar-refractivity contribution in [3.63, 3.8) is 0 Å². The van der Waals surface area contributed by atoms with Crippen molar-refractivity contribution >= 4 is 11.6 Å². The number of rotatable bonds is 1. The van der Waals surface area contributed by atoms with Crippen LogP contribution in [-0.2, 0) is 11.3 Å². The molecule has 0 aromatic heterocycles. The van der Waals surface area contributed by atoms with Gasteiger partial charge in [-0.25, -0.2) is 0 Å². The zero-order valence-electron chi connectivity index (χ0n) is 13.9. The number of hydrogen-bond donors (Lipinski definition) is 0. The summed E-state index contributed by atoms with van der Waals surface area (Å²) < 4.78 is 5.91. The molecule has 0 radical (unpaired) electrons. The van der Waals surface area contributed by atoms with Crippen molar-refractivity contribution < 1.29 is 9.53 Å². The summed E-state index contributed by atoms with van der Waals surface area (Å²) in [4.78, 5) is 14.6. The highest BCUT2D eigenvalue weighted by Crippen LogP contribution is 2.51. The summed E-state index contributed by atoms with van der Waals surface area (Å²) >= 11 is 0. The van der Waals surface area contributed by atoms with Crippen LogP contribution in [0.15, 0.2) is 66.7 Å². The van der Waals surface area contributed by atoms with E-state index < -0.39 is 6.10 Å². The average molecular weight is 327 g/mol. The molecule has 0 fully saturated rings. The van der Waals surface area contributed by atoms with E-state index in [-0.39, 0.29) is 5.91 Å². The van der Waals surface area contributed by atoms with Crippen LogP contribution in [0.3, 0.4) is 0 Å². The lowest BCUT2D eigenvalue weighted by Gasteiger charge is -2.39. The summed E-state index contributed by atoms with van der Waals surface area (Å²) in [6.45, 7) is 2.41. The number of nitrogens with zero attached hydrogens (tertiary/aromatic N) is 1. The minimum absolute atomic E-state index is 0.0217. The normalized spacial score (nSPS) is 17.6. The van der Waals surface area contributed by atoms with Gasteiger partial charge in [0.05, 0.1) is 12.2 Å². The Balaban J connectivity index is 1.87. The summed E-state index contributed by atoms with van der Waals surface area (Å²) in [6.07, 6.45) is -0.451. The van der Waals surface area contributed by atoms with Gasteiger partial charge in [-0.2, -0.15) is 0 Å². The van der Waals surface area contributed by atoms with Gasteiger partial charge in [0, 0.05) is 5.56 Å². The second-order valence-corrected chi connectivity index (χ2v) is 6.54. The van der Waals surface area contributed by atoms with Gasteiger partial charge in [-0.15, -0.1) is 0 Å². The molecule has 0 aliphatic carbocycles. The minimum Gasteiger partial charge on any atom is -0.479 e. The molecular formula is C22H17NO2. The van der Waals surface area contributed by atoms with Crippen LogP contribution in [0.25, 0.3) is 22.3 Å². The van der Waals surface area contributed by atoms with Crippen molar-refractivity contribution in [3.05, 3.63) is 72.3 Å². The highest BCUT2D eigenvalue weighted by Gasteiger charge is 2.38. The predicted molar refractivity (Wildman–Crippen MR) is 98.6 cm³/mol. The van der Waals surface area contributed by atoms with Crippen LogP contribution in [0.1, 0.15) is 12.5 Å². The highest BCUT2D eigenvalue weighted by molar-refractivity contribution is 6.09. The fraction of sp³-hybridized carbons (Fsp3) is 0.136. The van der Waals surface area contributed by atoms with Crippen molar-refractivity contribution in [2.75, 3.05) is 4.90 Å². The molecule has 1 amide bonds. The molecule has 2 aliphatic heterocycles. The Hall–Kier alpha value is -3.07. The number of anilines is 1. The molecule has 3 nitrogen and oxygen atoms in total. The average Bonchev–Trinajstić information content (AvgIpc) is 2.66. The zero-order valence-corrected chi connectivity index (χ0v) is 13.9. The predicted octanol–water partition coefficient (Wildman–Crippen LogP) is 4.65. The van der Waals surface area contributed by atoms with Crippen LogP contribution in [0.2, 0.25) is 0 Å². The van der Waals surface area contributed by atoms with Crippen molar-refractivity contribution in [2.45, 2.75) is 19.6 Å². The van der Waals surface area contributed by atoms with Crippen LogP contribution >= 0.6 is 0 Å². The monoisotopic (exact) mass is 327 g/mol. The lowest BCUT2D eigenvalue weighted by atomic mass is 9.86. The van der Waals surface area contributed by atoms with Gasteiger partial charge in [0.1, 0.15) is 5.75 Å². The Kier molecular flexibility index (Phi) is 2.98. The Morgan fingerprint density at radius 3 is 2.52 bits per heavy atom. The van der Waals surface area contributed by atoms with Crippen LogP contribution < -0.4 is 9.64 Å². The maximum Gasteiger partial charge on any atom is 0.268 e. The Labute approximate surface area is 146 Å². The first-order chi connectivity index (χ1) is 12.2. The fourth-order valence-corrected chi connectivity index (χ4v) is 3.87. The first kappa shape index (κ1) is 14.3. The van der Waals surface area contributed by atoms with Crippen LogP contribution in [0.4, 0.5) is 5.69 Å². The first-order valence-corrected chi connectivity index (χ1v) is 8.53. The number of fused-ring (bicyclic) bond motifs is 2. The molecule has 5 rings (SSSR count). The topological polar surface area (TPSA) is 29.5 Å². The van der Waals surface area contributed by atoms with E-state index in [1.807, 2.05) is 42.2 Å². The van der Waals surface area contributed by atoms with Crippen molar-refractivity contribution in [2.24, 2.45) is 0 Å². The van der Waals surface area contributed by atoms with Gasteiger partial charge >= 0.3 is 0 Å². The van der Waals surface area contributed by atoms with E-state index in [9.17, 15) is 4.79 Å². The number of ether oxygens (including phenoxy) is 1. The van der Waals surface area contributed by atoms with Gasteiger partial charge in [0.15, 0.2) is 6.10 Å². The third-order valence-electron chi connectivity index (χ3n) is 5.03. The number of carbonyl (C=O) groups excluding carboxylic acids is 1. The lowest BCUT2D eigenvalue weighted by Crippen LogP contribution is -2.45. The van der Waals surface area contributed by atoms with Crippen LogP contribution in [0.5, 0.6) is 5.75 Å². The van der Waals surface area contributed by atoms with Crippen molar-refractivity contribution in [1.29, 1.82) is 0 Å². The van der Waals surface area contributed by atoms with E-state index in [0.29, 0.717) is 6.54 Å². The molecule has 0 N–H and O–H groups in total. The second kappa shape index (κ2) is 5.21. The Morgan fingerprint density at radius 2 is 1.68 bits per heavy atom. The standard InChI is InChI=1S/C22H17NO2/c1-14-22(24)23-13-16-9-5-6-10-17(16)20-18(15-7-3-2-4-8-15)11-12-19(25-14)21(20)23/h2-12,14H,13H2,1H3. The van der Waals surface area contributed by atoms with Crippen molar-refractivity contribution in [1.82, 2.24) is 0 Å². The number of benzene rings is 3. The third kappa shape index (κ3) is 2.02. The third-order valence-corrected chi connectivity index (χ3v) is 5.03. The molecular weight excluding hydrogens is 310 g/mol. The molecule has 25 heavy (non-hydrogen) atoms. The molecule has 2 aliphatic rings. The summed E-state index contributed by atoms with van der Waals surface area (Å²) in [7, 11) is 0. The molecule has 3 aromatic rings. The lowest BCUT2D eigenvalue weighted by molar-refractivity contribution is -0.125. The first-order valence-electron chi connectivity index (χ1n) is 8.53. The fourth-order valence-electron chi connectivity index (χ4n) is 3.87. The highest BCUT2D eigenvalue weighted by atomic mass is 16.5. The van der Waals surface area contributed by atoms with E-state index in [4.69, 9.17) is 4.74 Å². The van der Waals surface area contributed by atoms with E-state index in [1.165, 1.54) is 11.1 Å². The number of carbonyl (C=O) groups is 1. The zero-order chi connectivity index (χ0) is 17.0. The van der Waals surface area contributed by atoms with Gasteiger partial charge in [0.2, 0.25) is 0 Å². The molecule has 1 unspecified atom stereocenters. The number of amides is 1. The summed E-state index contributed by atoms with van der Waals surface area (Å²) in [5.74, 6) is 0.810. The Bertz CT molecular complexity index is 994. The van der Waals surface area contributed by atoms with Gasteiger partial charge in [-0.05, 0) is 41.3 Å². The molecule has 0 saturated carbocycles. The van der Waals surface area contributed by atoms with E-state index in [2.05, 4.69) is 36.4 Å². The van der Waals surface area contributed by atoms with E-state index in [1.54, 1.807) is 0 Å². The van der Waals surface area contributed by atoms with Gasteiger partial charge in [-0.3, -0.25) is 4.79 Å². The van der Waals surface area contributed by atoms with Crippen LogP contribution in [0, 0.1) is 0 Å². The molecule has 0 spiro atoms. The summed E-state index contributed by atoms with van der Waals surface area (Å²) in [6, 6.07) is 22.7.